The van der Waals surface area contributed by atoms with E-state index in [0.29, 0.717) is 11.5 Å². The highest BCUT2D eigenvalue weighted by atomic mass is 16.6. The molecule has 1 rings (SSSR count). The lowest BCUT2D eigenvalue weighted by Gasteiger charge is -2.17. The average molecular weight is 196 g/mol. The summed E-state index contributed by atoms with van der Waals surface area (Å²) in [5.74, 6) is 0.447. The average Bonchev–Trinajstić information content (AvgIpc) is 2.82. The van der Waals surface area contributed by atoms with Crippen LogP contribution in [0.1, 0.15) is 46.5 Å². The summed E-state index contributed by atoms with van der Waals surface area (Å²) in [6, 6.07) is 0. The van der Waals surface area contributed by atoms with E-state index in [4.69, 9.17) is 4.74 Å². The van der Waals surface area contributed by atoms with Crippen molar-refractivity contribution in [2.24, 2.45) is 5.92 Å². The van der Waals surface area contributed by atoms with Gasteiger partial charge in [0.1, 0.15) is 5.60 Å². The van der Waals surface area contributed by atoms with Gasteiger partial charge < -0.3 is 4.74 Å². The SMILES string of the molecule is C=C(C)C(=O)OC1(CCC(C)C)CC1. The molecule has 0 aromatic heterocycles. The van der Waals surface area contributed by atoms with Gasteiger partial charge in [0.05, 0.1) is 0 Å². The fraction of sp³-hybridized carbons (Fsp3) is 0.750. The second kappa shape index (κ2) is 4.16. The Bertz CT molecular complexity index is 237. The van der Waals surface area contributed by atoms with Crippen LogP contribution in [0.5, 0.6) is 0 Å². The van der Waals surface area contributed by atoms with Gasteiger partial charge in [0.15, 0.2) is 0 Å². The first-order chi connectivity index (χ1) is 6.45. The maximum atomic E-state index is 11.3. The summed E-state index contributed by atoms with van der Waals surface area (Å²) in [6.07, 6.45) is 4.19. The lowest BCUT2D eigenvalue weighted by Crippen LogP contribution is -2.20. The predicted molar refractivity (Wildman–Crippen MR) is 56.9 cm³/mol. The van der Waals surface area contributed by atoms with E-state index in [0.717, 1.165) is 25.7 Å². The molecule has 80 valence electrons. The molecule has 0 aliphatic heterocycles. The number of carbonyl (C=O) groups is 1. The molecule has 0 amide bonds. The minimum Gasteiger partial charge on any atom is -0.456 e. The van der Waals surface area contributed by atoms with E-state index < -0.39 is 0 Å². The molecule has 2 heteroatoms. The minimum atomic E-state index is -0.230. The molecule has 0 aromatic carbocycles. The summed E-state index contributed by atoms with van der Waals surface area (Å²) in [7, 11) is 0. The molecule has 0 unspecified atom stereocenters. The monoisotopic (exact) mass is 196 g/mol. The van der Waals surface area contributed by atoms with Gasteiger partial charge in [-0.3, -0.25) is 0 Å². The Balaban J connectivity index is 2.35. The van der Waals surface area contributed by atoms with Crippen LogP contribution in [0.25, 0.3) is 0 Å². The third kappa shape index (κ3) is 3.17. The Hall–Kier alpha value is -0.790. The van der Waals surface area contributed by atoms with E-state index in [1.165, 1.54) is 0 Å². The van der Waals surface area contributed by atoms with Crippen molar-refractivity contribution < 1.29 is 9.53 Å². The van der Waals surface area contributed by atoms with Crippen LogP contribution in [0.4, 0.5) is 0 Å². The third-order valence-corrected chi connectivity index (χ3v) is 2.64. The van der Waals surface area contributed by atoms with Crippen LogP contribution in [-0.4, -0.2) is 11.6 Å². The maximum Gasteiger partial charge on any atom is 0.333 e. The van der Waals surface area contributed by atoms with Gasteiger partial charge in [-0.25, -0.2) is 4.79 Å². The van der Waals surface area contributed by atoms with E-state index >= 15 is 0 Å². The third-order valence-electron chi connectivity index (χ3n) is 2.64. The van der Waals surface area contributed by atoms with Crippen molar-refractivity contribution in [3.8, 4) is 0 Å². The van der Waals surface area contributed by atoms with Crippen molar-refractivity contribution in [3.63, 3.8) is 0 Å². The summed E-state index contributed by atoms with van der Waals surface area (Å²) in [5.41, 5.74) is 0.376. The van der Waals surface area contributed by atoms with Gasteiger partial charge in [0, 0.05) is 5.57 Å². The molecule has 0 atom stereocenters. The highest BCUT2D eigenvalue weighted by Crippen LogP contribution is 2.44. The summed E-state index contributed by atoms with van der Waals surface area (Å²) in [5, 5.41) is 0. The van der Waals surface area contributed by atoms with Crippen molar-refractivity contribution in [1.29, 1.82) is 0 Å². The standard InChI is InChI=1S/C12H20O2/c1-9(2)5-6-12(7-8-12)14-11(13)10(3)4/h9H,3,5-8H2,1-2,4H3. The van der Waals surface area contributed by atoms with E-state index in [1.54, 1.807) is 6.92 Å². The van der Waals surface area contributed by atoms with Crippen molar-refractivity contribution in [2.45, 2.75) is 52.1 Å². The summed E-state index contributed by atoms with van der Waals surface area (Å²) in [6.45, 7) is 9.67. The van der Waals surface area contributed by atoms with Crippen molar-refractivity contribution in [3.05, 3.63) is 12.2 Å². The molecule has 0 saturated heterocycles. The second-order valence-corrected chi connectivity index (χ2v) is 4.79. The summed E-state index contributed by atoms with van der Waals surface area (Å²) in [4.78, 5) is 11.3. The molecule has 1 fully saturated rings. The number of hydrogen-bond donors (Lipinski definition) is 0. The lowest BCUT2D eigenvalue weighted by atomic mass is 10.0. The van der Waals surface area contributed by atoms with E-state index in [1.807, 2.05) is 0 Å². The fourth-order valence-corrected chi connectivity index (χ4v) is 1.38. The van der Waals surface area contributed by atoms with Crippen LogP contribution in [-0.2, 0) is 9.53 Å². The van der Waals surface area contributed by atoms with E-state index in [2.05, 4.69) is 20.4 Å². The Morgan fingerprint density at radius 1 is 1.50 bits per heavy atom. The van der Waals surface area contributed by atoms with Crippen molar-refractivity contribution in [1.82, 2.24) is 0 Å². The van der Waals surface area contributed by atoms with E-state index in [-0.39, 0.29) is 11.6 Å². The van der Waals surface area contributed by atoms with Gasteiger partial charge >= 0.3 is 5.97 Å². The molecule has 2 nitrogen and oxygen atoms in total. The molecule has 0 spiro atoms. The highest BCUT2D eigenvalue weighted by Gasteiger charge is 2.46. The van der Waals surface area contributed by atoms with Gasteiger partial charge in [-0.05, 0) is 38.5 Å². The molecule has 0 heterocycles. The zero-order valence-corrected chi connectivity index (χ0v) is 9.43. The molecule has 1 saturated carbocycles. The fourth-order valence-electron chi connectivity index (χ4n) is 1.38. The largest absolute Gasteiger partial charge is 0.456 e. The van der Waals surface area contributed by atoms with Crippen LogP contribution < -0.4 is 0 Å². The van der Waals surface area contributed by atoms with Crippen molar-refractivity contribution in [2.75, 3.05) is 0 Å². The van der Waals surface area contributed by atoms with Crippen molar-refractivity contribution >= 4 is 5.97 Å². The van der Waals surface area contributed by atoms with Crippen LogP contribution >= 0.6 is 0 Å². The Morgan fingerprint density at radius 3 is 2.43 bits per heavy atom. The Kier molecular flexibility index (Phi) is 3.35. The number of esters is 1. The van der Waals surface area contributed by atoms with Gasteiger partial charge in [-0.2, -0.15) is 0 Å². The normalized spacial score (nSPS) is 18.0. The second-order valence-electron chi connectivity index (χ2n) is 4.79. The Labute approximate surface area is 86.3 Å². The number of carbonyl (C=O) groups excluding carboxylic acids is 1. The first-order valence-corrected chi connectivity index (χ1v) is 5.34. The van der Waals surface area contributed by atoms with Gasteiger partial charge in [0.2, 0.25) is 0 Å². The Morgan fingerprint density at radius 2 is 2.07 bits per heavy atom. The van der Waals surface area contributed by atoms with Crippen LogP contribution in [0.3, 0.4) is 0 Å². The lowest BCUT2D eigenvalue weighted by molar-refractivity contribution is -0.146. The van der Waals surface area contributed by atoms with Crippen LogP contribution in [0, 0.1) is 5.92 Å². The van der Waals surface area contributed by atoms with Gasteiger partial charge in [-0.1, -0.05) is 20.4 Å². The van der Waals surface area contributed by atoms with Gasteiger partial charge in [0.25, 0.3) is 0 Å². The number of rotatable bonds is 5. The van der Waals surface area contributed by atoms with Crippen LogP contribution in [0.2, 0.25) is 0 Å². The molecule has 1 aliphatic carbocycles. The topological polar surface area (TPSA) is 26.3 Å². The maximum absolute atomic E-state index is 11.3. The zero-order valence-electron chi connectivity index (χ0n) is 9.43. The zero-order chi connectivity index (χ0) is 10.8. The molecule has 14 heavy (non-hydrogen) atoms. The highest BCUT2D eigenvalue weighted by molar-refractivity contribution is 5.87. The van der Waals surface area contributed by atoms with Crippen LogP contribution in [0.15, 0.2) is 12.2 Å². The molecule has 0 N–H and O–H groups in total. The molecule has 0 bridgehead atoms. The first kappa shape index (κ1) is 11.3. The quantitative estimate of drug-likeness (QED) is 0.499. The molecular weight excluding hydrogens is 176 g/mol. The van der Waals surface area contributed by atoms with E-state index in [9.17, 15) is 4.79 Å². The molecule has 0 radical (unpaired) electrons. The summed E-state index contributed by atoms with van der Waals surface area (Å²) >= 11 is 0. The number of ether oxygens (including phenoxy) is 1. The predicted octanol–water partition coefficient (Wildman–Crippen LogP) is 3.07. The number of hydrogen-bond acceptors (Lipinski definition) is 2. The summed E-state index contributed by atoms with van der Waals surface area (Å²) < 4.78 is 5.42. The smallest absolute Gasteiger partial charge is 0.333 e. The molecule has 1 aliphatic rings. The molecule has 0 aromatic rings. The molecular formula is C12H20O2. The minimum absolute atomic E-state index is 0.125. The first-order valence-electron chi connectivity index (χ1n) is 5.34. The van der Waals surface area contributed by atoms with Gasteiger partial charge in [-0.15, -0.1) is 0 Å².